The first kappa shape index (κ1) is 14.6. The van der Waals surface area contributed by atoms with Crippen LogP contribution in [-0.2, 0) is 0 Å². The van der Waals surface area contributed by atoms with Crippen molar-refractivity contribution in [2.75, 3.05) is 0 Å². The van der Waals surface area contributed by atoms with Crippen LogP contribution in [0.25, 0.3) is 22.6 Å². The lowest BCUT2D eigenvalue weighted by Gasteiger charge is -2.03. The molecule has 0 aliphatic heterocycles. The van der Waals surface area contributed by atoms with Gasteiger partial charge in [-0.2, -0.15) is 0 Å². The van der Waals surface area contributed by atoms with Crippen molar-refractivity contribution >= 4 is 11.7 Å². The molecule has 1 aromatic heterocycles. The van der Waals surface area contributed by atoms with Crippen LogP contribution in [0, 0.1) is 10.8 Å². The molecule has 2 aromatic carbocycles. The van der Waals surface area contributed by atoms with E-state index in [2.05, 4.69) is 0 Å². The topological polar surface area (TPSA) is 113 Å². The third-order valence-electron chi connectivity index (χ3n) is 3.52. The van der Waals surface area contributed by atoms with Gasteiger partial charge in [-0.15, -0.1) is 0 Å². The number of rotatable bonds is 4. The third-order valence-corrected chi connectivity index (χ3v) is 3.52. The maximum atomic E-state index is 7.51. The van der Waals surface area contributed by atoms with Crippen LogP contribution in [0.5, 0.6) is 0 Å². The second-order valence-corrected chi connectivity index (χ2v) is 5.15. The summed E-state index contributed by atoms with van der Waals surface area (Å²) in [7, 11) is 0. The summed E-state index contributed by atoms with van der Waals surface area (Å²) in [6, 6.07) is 18.4. The highest BCUT2D eigenvalue weighted by atomic mass is 16.3. The summed E-state index contributed by atoms with van der Waals surface area (Å²) in [5.74, 6) is 1.42. The van der Waals surface area contributed by atoms with Crippen LogP contribution in [0.15, 0.2) is 65.1 Å². The molecule has 0 aliphatic carbocycles. The minimum Gasteiger partial charge on any atom is -0.456 e. The van der Waals surface area contributed by atoms with Crippen molar-refractivity contribution in [2.45, 2.75) is 0 Å². The fraction of sp³-hybridized carbons (Fsp3) is 0. The smallest absolute Gasteiger partial charge is 0.134 e. The van der Waals surface area contributed by atoms with Gasteiger partial charge in [-0.25, -0.2) is 0 Å². The highest BCUT2D eigenvalue weighted by Crippen LogP contribution is 2.29. The molecule has 23 heavy (non-hydrogen) atoms. The van der Waals surface area contributed by atoms with E-state index in [1.54, 1.807) is 12.1 Å². The summed E-state index contributed by atoms with van der Waals surface area (Å²) in [5.41, 5.74) is 14.1. The Balaban J connectivity index is 1.97. The molecule has 3 aromatic rings. The molecule has 5 heteroatoms. The first-order valence-corrected chi connectivity index (χ1v) is 7.04. The molecule has 0 aliphatic rings. The van der Waals surface area contributed by atoms with E-state index in [0.29, 0.717) is 22.6 Å². The first-order valence-electron chi connectivity index (χ1n) is 7.04. The minimum absolute atomic E-state index is 0.0211. The lowest BCUT2D eigenvalue weighted by atomic mass is 10.1. The summed E-state index contributed by atoms with van der Waals surface area (Å²) >= 11 is 0. The predicted octanol–water partition coefficient (Wildman–Crippen LogP) is 3.18. The zero-order chi connectivity index (χ0) is 16.4. The van der Waals surface area contributed by atoms with E-state index in [-0.39, 0.29) is 11.7 Å². The van der Waals surface area contributed by atoms with Crippen LogP contribution in [0.3, 0.4) is 0 Å². The Kier molecular flexibility index (Phi) is 3.68. The first-order chi connectivity index (χ1) is 11.0. The van der Waals surface area contributed by atoms with E-state index >= 15 is 0 Å². The third kappa shape index (κ3) is 2.98. The standard InChI is InChI=1S/C18H16N4O/c19-17(20)13-5-1-3-11(9-13)15-7-8-16(23-15)12-4-2-6-14(10-12)18(21)22/h1-10H,(H3,19,20)(H3,21,22). The van der Waals surface area contributed by atoms with Crippen molar-refractivity contribution in [1.82, 2.24) is 0 Å². The summed E-state index contributed by atoms with van der Waals surface area (Å²) in [6.07, 6.45) is 0. The van der Waals surface area contributed by atoms with Crippen LogP contribution in [0.1, 0.15) is 11.1 Å². The Morgan fingerprint density at radius 3 is 1.52 bits per heavy atom. The quantitative estimate of drug-likeness (QED) is 0.438. The molecule has 6 N–H and O–H groups in total. The van der Waals surface area contributed by atoms with Crippen molar-refractivity contribution in [1.29, 1.82) is 10.8 Å². The fourth-order valence-electron chi connectivity index (χ4n) is 2.33. The highest BCUT2D eigenvalue weighted by Gasteiger charge is 2.09. The second kappa shape index (κ2) is 5.81. The average molecular weight is 304 g/mol. The Morgan fingerprint density at radius 1 is 0.696 bits per heavy atom. The van der Waals surface area contributed by atoms with E-state index in [9.17, 15) is 0 Å². The maximum Gasteiger partial charge on any atom is 0.134 e. The van der Waals surface area contributed by atoms with Crippen LogP contribution >= 0.6 is 0 Å². The van der Waals surface area contributed by atoms with Gasteiger partial charge in [0.2, 0.25) is 0 Å². The van der Waals surface area contributed by atoms with Crippen LogP contribution in [-0.4, -0.2) is 11.7 Å². The van der Waals surface area contributed by atoms with Crippen LogP contribution in [0.4, 0.5) is 0 Å². The molecule has 5 nitrogen and oxygen atoms in total. The van der Waals surface area contributed by atoms with Crippen molar-refractivity contribution in [3.8, 4) is 22.6 Å². The van der Waals surface area contributed by atoms with E-state index in [0.717, 1.165) is 11.1 Å². The molecule has 0 spiro atoms. The zero-order valence-corrected chi connectivity index (χ0v) is 12.3. The molecule has 114 valence electrons. The number of nitrogen functional groups attached to an aromatic ring is 2. The van der Waals surface area contributed by atoms with Gasteiger partial charge < -0.3 is 15.9 Å². The normalized spacial score (nSPS) is 10.4. The van der Waals surface area contributed by atoms with E-state index in [1.807, 2.05) is 48.5 Å². The highest BCUT2D eigenvalue weighted by molar-refractivity contribution is 5.96. The average Bonchev–Trinajstić information content (AvgIpc) is 3.05. The van der Waals surface area contributed by atoms with Gasteiger partial charge in [-0.05, 0) is 24.3 Å². The van der Waals surface area contributed by atoms with Gasteiger partial charge >= 0.3 is 0 Å². The molecule has 0 amide bonds. The van der Waals surface area contributed by atoms with Crippen LogP contribution < -0.4 is 11.5 Å². The molecular weight excluding hydrogens is 288 g/mol. The van der Waals surface area contributed by atoms with E-state index in [1.165, 1.54) is 0 Å². The Labute approximate surface area is 133 Å². The molecule has 0 bridgehead atoms. The van der Waals surface area contributed by atoms with E-state index < -0.39 is 0 Å². The molecule has 0 saturated carbocycles. The number of hydrogen-bond acceptors (Lipinski definition) is 3. The van der Waals surface area contributed by atoms with Gasteiger partial charge in [0.1, 0.15) is 23.2 Å². The van der Waals surface area contributed by atoms with Crippen molar-refractivity contribution in [3.63, 3.8) is 0 Å². The van der Waals surface area contributed by atoms with Gasteiger partial charge in [-0.1, -0.05) is 36.4 Å². The van der Waals surface area contributed by atoms with Gasteiger partial charge in [0.05, 0.1) is 0 Å². The van der Waals surface area contributed by atoms with E-state index in [4.69, 9.17) is 26.7 Å². The number of furan rings is 1. The number of hydrogen-bond donors (Lipinski definition) is 4. The van der Waals surface area contributed by atoms with Crippen molar-refractivity contribution < 1.29 is 4.42 Å². The summed E-state index contributed by atoms with van der Waals surface area (Å²) < 4.78 is 5.90. The molecule has 3 rings (SSSR count). The number of nitrogens with two attached hydrogens (primary N) is 2. The molecule has 0 fully saturated rings. The molecule has 0 unspecified atom stereocenters. The van der Waals surface area contributed by atoms with Gasteiger partial charge in [-0.3, -0.25) is 10.8 Å². The molecule has 0 atom stereocenters. The fourth-order valence-corrected chi connectivity index (χ4v) is 2.33. The number of benzene rings is 2. The summed E-state index contributed by atoms with van der Waals surface area (Å²) in [6.45, 7) is 0. The second-order valence-electron chi connectivity index (χ2n) is 5.15. The largest absolute Gasteiger partial charge is 0.456 e. The Bertz CT molecular complexity index is 823. The SMILES string of the molecule is N=C(N)c1cccc(-c2ccc(-c3cccc(C(=N)N)c3)o2)c1. The molecule has 0 saturated heterocycles. The lowest BCUT2D eigenvalue weighted by Crippen LogP contribution is -2.10. The zero-order valence-electron chi connectivity index (χ0n) is 12.3. The molecule has 1 heterocycles. The van der Waals surface area contributed by atoms with Crippen molar-refractivity contribution in [3.05, 3.63) is 71.8 Å². The maximum absolute atomic E-state index is 7.51. The predicted molar refractivity (Wildman–Crippen MR) is 91.6 cm³/mol. The van der Waals surface area contributed by atoms with Crippen LogP contribution in [0.2, 0.25) is 0 Å². The molecule has 0 radical (unpaired) electrons. The summed E-state index contributed by atoms with van der Waals surface area (Å²) in [4.78, 5) is 0. The number of nitrogens with one attached hydrogen (secondary N) is 2. The minimum atomic E-state index is 0.0211. The van der Waals surface area contributed by atoms with Gasteiger partial charge in [0.15, 0.2) is 0 Å². The molecular formula is C18H16N4O. The van der Waals surface area contributed by atoms with Gasteiger partial charge in [0.25, 0.3) is 0 Å². The van der Waals surface area contributed by atoms with Crippen molar-refractivity contribution in [2.24, 2.45) is 11.5 Å². The van der Waals surface area contributed by atoms with Gasteiger partial charge in [0, 0.05) is 22.3 Å². The monoisotopic (exact) mass is 304 g/mol. The lowest BCUT2D eigenvalue weighted by molar-refractivity contribution is 0.597. The Hall–Kier alpha value is -3.34. The summed E-state index contributed by atoms with van der Waals surface area (Å²) in [5, 5.41) is 15.0. The Morgan fingerprint density at radius 2 is 1.13 bits per heavy atom. The number of amidine groups is 2.